The molecular weight excluding hydrogens is 290 g/mol. The molecule has 20 heavy (non-hydrogen) atoms. The van der Waals surface area contributed by atoms with E-state index in [0.717, 1.165) is 11.3 Å². The van der Waals surface area contributed by atoms with Gasteiger partial charge in [-0.25, -0.2) is 0 Å². The standard InChI is InChI=1S/C15H15NO2S2/c1-3-9-18-12-7-5-11(6-8-12)10-13-14(17)16(4-2)15(19)20-13/h3,5-8,10H,1,4,9H2,2H3/b13-10-. The molecular formula is C15H15NO2S2. The van der Waals surface area contributed by atoms with Crippen molar-refractivity contribution in [1.29, 1.82) is 0 Å². The van der Waals surface area contributed by atoms with E-state index in [-0.39, 0.29) is 5.91 Å². The second-order valence-corrected chi connectivity index (χ2v) is 5.77. The number of carbonyl (C=O) groups excluding carboxylic acids is 1. The van der Waals surface area contributed by atoms with E-state index in [2.05, 4.69) is 6.58 Å². The van der Waals surface area contributed by atoms with Crippen molar-refractivity contribution in [2.75, 3.05) is 13.2 Å². The summed E-state index contributed by atoms with van der Waals surface area (Å²) < 4.78 is 6.03. The minimum atomic E-state index is -0.0190. The summed E-state index contributed by atoms with van der Waals surface area (Å²) in [7, 11) is 0. The molecule has 3 nitrogen and oxygen atoms in total. The van der Waals surface area contributed by atoms with E-state index in [1.165, 1.54) is 11.8 Å². The molecule has 1 aromatic carbocycles. The lowest BCUT2D eigenvalue weighted by Crippen LogP contribution is -2.27. The van der Waals surface area contributed by atoms with Crippen LogP contribution >= 0.6 is 24.0 Å². The Morgan fingerprint density at radius 1 is 1.40 bits per heavy atom. The van der Waals surface area contributed by atoms with Crippen LogP contribution in [0.4, 0.5) is 0 Å². The summed E-state index contributed by atoms with van der Waals surface area (Å²) in [5.41, 5.74) is 0.951. The fourth-order valence-corrected chi connectivity index (χ4v) is 3.12. The van der Waals surface area contributed by atoms with Gasteiger partial charge in [-0.15, -0.1) is 0 Å². The van der Waals surface area contributed by atoms with Gasteiger partial charge in [-0.1, -0.05) is 48.8 Å². The van der Waals surface area contributed by atoms with Gasteiger partial charge in [0.25, 0.3) is 5.91 Å². The maximum Gasteiger partial charge on any atom is 0.266 e. The second-order valence-electron chi connectivity index (χ2n) is 4.09. The van der Waals surface area contributed by atoms with E-state index in [4.69, 9.17) is 17.0 Å². The fraction of sp³-hybridized carbons (Fsp3) is 0.200. The van der Waals surface area contributed by atoms with Crippen LogP contribution in [0.5, 0.6) is 5.75 Å². The molecule has 1 aliphatic heterocycles. The van der Waals surface area contributed by atoms with Crippen molar-refractivity contribution in [3.63, 3.8) is 0 Å². The lowest BCUT2D eigenvalue weighted by Gasteiger charge is -2.09. The summed E-state index contributed by atoms with van der Waals surface area (Å²) in [4.78, 5) is 14.3. The average Bonchev–Trinajstić information content (AvgIpc) is 2.72. The van der Waals surface area contributed by atoms with Crippen LogP contribution in [0.3, 0.4) is 0 Å². The predicted molar refractivity (Wildman–Crippen MR) is 87.7 cm³/mol. The van der Waals surface area contributed by atoms with Gasteiger partial charge in [0.05, 0.1) is 4.91 Å². The van der Waals surface area contributed by atoms with Crippen LogP contribution in [0.15, 0.2) is 41.8 Å². The van der Waals surface area contributed by atoms with Gasteiger partial charge < -0.3 is 4.74 Å². The largest absolute Gasteiger partial charge is 0.490 e. The quantitative estimate of drug-likeness (QED) is 0.473. The molecule has 1 amide bonds. The first-order valence-electron chi connectivity index (χ1n) is 6.25. The van der Waals surface area contributed by atoms with Crippen molar-refractivity contribution in [2.45, 2.75) is 6.92 Å². The lowest BCUT2D eigenvalue weighted by atomic mass is 10.2. The number of hydrogen-bond donors (Lipinski definition) is 0. The van der Waals surface area contributed by atoms with E-state index in [9.17, 15) is 4.79 Å². The zero-order valence-electron chi connectivity index (χ0n) is 11.2. The number of likely N-dealkylation sites (N-methyl/N-ethyl adjacent to an activating group) is 1. The van der Waals surface area contributed by atoms with Crippen LogP contribution in [-0.2, 0) is 4.79 Å². The first-order valence-corrected chi connectivity index (χ1v) is 7.47. The summed E-state index contributed by atoms with van der Waals surface area (Å²) >= 11 is 6.52. The highest BCUT2D eigenvalue weighted by Crippen LogP contribution is 2.32. The van der Waals surface area contributed by atoms with Crippen LogP contribution in [0.2, 0.25) is 0 Å². The molecule has 0 aliphatic carbocycles. The van der Waals surface area contributed by atoms with Gasteiger partial charge in [0.2, 0.25) is 0 Å². The third-order valence-corrected chi connectivity index (χ3v) is 4.11. The molecule has 0 saturated carbocycles. The SMILES string of the molecule is C=CCOc1ccc(/C=C2\SC(=S)N(CC)C2=O)cc1. The van der Waals surface area contributed by atoms with Gasteiger partial charge in [0.1, 0.15) is 16.7 Å². The van der Waals surface area contributed by atoms with Crippen LogP contribution in [-0.4, -0.2) is 28.3 Å². The van der Waals surface area contributed by atoms with Gasteiger partial charge in [-0.3, -0.25) is 9.69 Å². The number of carbonyl (C=O) groups is 1. The zero-order valence-corrected chi connectivity index (χ0v) is 12.8. The summed E-state index contributed by atoms with van der Waals surface area (Å²) in [6.45, 7) is 6.61. The van der Waals surface area contributed by atoms with Crippen LogP contribution in [0, 0.1) is 0 Å². The number of amides is 1. The first-order chi connectivity index (χ1) is 9.65. The maximum absolute atomic E-state index is 12.1. The molecule has 1 fully saturated rings. The molecule has 0 N–H and O–H groups in total. The van der Waals surface area contributed by atoms with Gasteiger partial charge >= 0.3 is 0 Å². The Morgan fingerprint density at radius 2 is 2.10 bits per heavy atom. The Labute approximate surface area is 128 Å². The minimum absolute atomic E-state index is 0.0190. The van der Waals surface area contributed by atoms with Crippen molar-refractivity contribution in [3.8, 4) is 5.75 Å². The molecule has 1 heterocycles. The average molecular weight is 305 g/mol. The van der Waals surface area contributed by atoms with Crippen molar-refractivity contribution >= 4 is 40.3 Å². The van der Waals surface area contributed by atoms with Crippen molar-refractivity contribution < 1.29 is 9.53 Å². The van der Waals surface area contributed by atoms with E-state index in [1.807, 2.05) is 37.3 Å². The van der Waals surface area contributed by atoms with Crippen molar-refractivity contribution in [3.05, 3.63) is 47.4 Å². The predicted octanol–water partition coefficient (Wildman–Crippen LogP) is 3.47. The monoisotopic (exact) mass is 305 g/mol. The molecule has 0 radical (unpaired) electrons. The molecule has 1 aliphatic rings. The highest BCUT2D eigenvalue weighted by molar-refractivity contribution is 8.26. The van der Waals surface area contributed by atoms with Gasteiger partial charge in [0, 0.05) is 6.54 Å². The minimum Gasteiger partial charge on any atom is -0.490 e. The van der Waals surface area contributed by atoms with Crippen LogP contribution in [0.1, 0.15) is 12.5 Å². The number of thioether (sulfide) groups is 1. The Kier molecular flexibility index (Phi) is 4.98. The Morgan fingerprint density at radius 3 is 2.65 bits per heavy atom. The van der Waals surface area contributed by atoms with Gasteiger partial charge in [-0.2, -0.15) is 0 Å². The van der Waals surface area contributed by atoms with Crippen LogP contribution < -0.4 is 4.74 Å². The molecule has 0 spiro atoms. The number of nitrogens with zero attached hydrogens (tertiary/aromatic N) is 1. The van der Waals surface area contributed by atoms with E-state index in [1.54, 1.807) is 11.0 Å². The summed E-state index contributed by atoms with van der Waals surface area (Å²) in [5, 5.41) is 0. The highest BCUT2D eigenvalue weighted by atomic mass is 32.2. The van der Waals surface area contributed by atoms with Crippen LogP contribution in [0.25, 0.3) is 6.08 Å². The Bertz CT molecular complexity index is 564. The summed E-state index contributed by atoms with van der Waals surface area (Å²) in [5.74, 6) is 0.762. The molecule has 2 rings (SSSR count). The Balaban J connectivity index is 2.13. The molecule has 5 heteroatoms. The topological polar surface area (TPSA) is 29.5 Å². The molecule has 0 bridgehead atoms. The summed E-state index contributed by atoms with van der Waals surface area (Å²) in [6.07, 6.45) is 3.55. The smallest absolute Gasteiger partial charge is 0.266 e. The van der Waals surface area contributed by atoms with E-state index in [0.29, 0.717) is 22.4 Å². The second kappa shape index (κ2) is 6.72. The lowest BCUT2D eigenvalue weighted by molar-refractivity contribution is -0.121. The third-order valence-electron chi connectivity index (χ3n) is 2.74. The maximum atomic E-state index is 12.1. The fourth-order valence-electron chi connectivity index (χ4n) is 1.74. The molecule has 1 aromatic rings. The zero-order chi connectivity index (χ0) is 14.5. The van der Waals surface area contributed by atoms with Gasteiger partial charge in [0.15, 0.2) is 0 Å². The third kappa shape index (κ3) is 3.29. The first kappa shape index (κ1) is 14.8. The highest BCUT2D eigenvalue weighted by Gasteiger charge is 2.30. The van der Waals surface area contributed by atoms with E-state index >= 15 is 0 Å². The number of rotatable bonds is 5. The Hall–Kier alpha value is -1.59. The number of benzene rings is 1. The van der Waals surface area contributed by atoms with Gasteiger partial charge in [-0.05, 0) is 30.7 Å². The van der Waals surface area contributed by atoms with E-state index < -0.39 is 0 Å². The molecule has 104 valence electrons. The number of thiocarbonyl (C=S) groups is 1. The molecule has 1 saturated heterocycles. The normalized spacial score (nSPS) is 16.9. The summed E-state index contributed by atoms with van der Waals surface area (Å²) in [6, 6.07) is 7.57. The van der Waals surface area contributed by atoms with Crippen molar-refractivity contribution in [1.82, 2.24) is 4.90 Å². The molecule has 0 atom stereocenters. The molecule has 0 aromatic heterocycles. The molecule has 0 unspecified atom stereocenters. The van der Waals surface area contributed by atoms with Crippen molar-refractivity contribution in [2.24, 2.45) is 0 Å². The number of hydrogen-bond acceptors (Lipinski definition) is 4. The number of ether oxygens (including phenoxy) is 1.